The largest absolute Gasteiger partial charge is 0.352 e. The number of benzene rings is 7. The van der Waals surface area contributed by atoms with Crippen LogP contribution in [0.15, 0.2) is 210 Å². The highest BCUT2D eigenvalue weighted by Crippen LogP contribution is 2.28. The molecule has 0 saturated carbocycles. The Bertz CT molecular complexity index is 2780. The number of carbonyl (C=O) groups excluding carboxylic acids is 2. The molecule has 2 amide bonds. The maximum Gasteiger partial charge on any atom is 0.264 e. The third kappa shape index (κ3) is 12.5. The van der Waals surface area contributed by atoms with Crippen LogP contribution < -0.4 is 19.2 Å². The second kappa shape index (κ2) is 21.7. The van der Waals surface area contributed by atoms with Crippen molar-refractivity contribution in [2.75, 3.05) is 15.2 Å². The summed E-state index contributed by atoms with van der Waals surface area (Å²) in [5.74, 6) is -0.479. The summed E-state index contributed by atoms with van der Waals surface area (Å²) in [7, 11) is -7.66. The molecular formula is C51H50N4O6S2. The summed E-state index contributed by atoms with van der Waals surface area (Å²) < 4.78 is 56.7. The van der Waals surface area contributed by atoms with Crippen LogP contribution >= 0.6 is 0 Å². The van der Waals surface area contributed by atoms with Gasteiger partial charge >= 0.3 is 0 Å². The zero-order valence-corrected chi connectivity index (χ0v) is 36.8. The maximum atomic E-state index is 13.6. The molecule has 10 nitrogen and oxygen atoms in total. The summed E-state index contributed by atoms with van der Waals surface area (Å²) in [5, 5.41) is 5.77. The number of carbonyl (C=O) groups is 2. The van der Waals surface area contributed by atoms with E-state index < -0.39 is 20.0 Å². The molecule has 0 radical (unpaired) electrons. The van der Waals surface area contributed by atoms with Crippen molar-refractivity contribution in [3.8, 4) is 0 Å². The van der Waals surface area contributed by atoms with Crippen molar-refractivity contribution in [2.45, 2.75) is 49.2 Å². The Kier molecular flexibility index (Phi) is 15.7. The highest BCUT2D eigenvalue weighted by molar-refractivity contribution is 7.93. The summed E-state index contributed by atoms with van der Waals surface area (Å²) in [5.41, 5.74) is 4.53. The van der Waals surface area contributed by atoms with E-state index in [0.29, 0.717) is 29.0 Å². The Labute approximate surface area is 371 Å². The van der Waals surface area contributed by atoms with Gasteiger partial charge in [0, 0.05) is 23.7 Å². The van der Waals surface area contributed by atoms with Crippen LogP contribution in [-0.4, -0.2) is 41.2 Å². The summed E-state index contributed by atoms with van der Waals surface area (Å²) in [6, 6.07) is 58.8. The number of anilines is 2. The first kappa shape index (κ1) is 45.5. The molecule has 7 rings (SSSR count). The van der Waals surface area contributed by atoms with Gasteiger partial charge in [0.15, 0.2) is 0 Å². The minimum Gasteiger partial charge on any atom is -0.352 e. The number of nitrogens with one attached hydrogen (secondary N) is 2. The van der Waals surface area contributed by atoms with Crippen molar-refractivity contribution in [1.29, 1.82) is 0 Å². The number of hydrogen-bond donors (Lipinski definition) is 2. The highest BCUT2D eigenvalue weighted by atomic mass is 32.2. The predicted octanol–water partition coefficient (Wildman–Crippen LogP) is 9.27. The van der Waals surface area contributed by atoms with Crippen LogP contribution in [0.4, 0.5) is 11.4 Å². The van der Waals surface area contributed by atoms with Gasteiger partial charge in [0.1, 0.15) is 0 Å². The van der Waals surface area contributed by atoms with E-state index in [1.807, 2.05) is 105 Å². The molecule has 0 fully saturated rings. The van der Waals surface area contributed by atoms with Crippen LogP contribution in [0.25, 0.3) is 0 Å². The van der Waals surface area contributed by atoms with E-state index >= 15 is 0 Å². The summed E-state index contributed by atoms with van der Waals surface area (Å²) >= 11 is 0. The molecule has 0 aliphatic rings. The number of hydrogen-bond acceptors (Lipinski definition) is 6. The van der Waals surface area contributed by atoms with E-state index in [1.165, 1.54) is 8.61 Å². The monoisotopic (exact) mass is 878 g/mol. The third-order valence-corrected chi connectivity index (χ3v) is 13.3. The van der Waals surface area contributed by atoms with Gasteiger partial charge in [-0.2, -0.15) is 0 Å². The molecule has 0 atom stereocenters. The zero-order chi connectivity index (χ0) is 44.7. The number of sulfonamides is 2. The molecule has 0 spiro atoms. The summed E-state index contributed by atoms with van der Waals surface area (Å²) in [6.45, 7) is 4.56. The second-order valence-corrected chi connectivity index (χ2v) is 18.6. The van der Waals surface area contributed by atoms with E-state index in [2.05, 4.69) is 10.6 Å². The highest BCUT2D eigenvalue weighted by Gasteiger charge is 2.27. The predicted molar refractivity (Wildman–Crippen MR) is 250 cm³/mol. The SMILES string of the molecule is CC(C)NC(=O)c1cccc(N(Cc2ccccc2)S(=O)(=O)c2ccccc2)c1.O=C(NCCc1ccccc1)c1cccc(N(Cc2ccccc2)S(=O)(=O)c2ccccc2)c1. The average molecular weight is 879 g/mol. The first-order valence-corrected chi connectivity index (χ1v) is 23.4. The van der Waals surface area contributed by atoms with Gasteiger partial charge in [-0.25, -0.2) is 16.8 Å². The van der Waals surface area contributed by atoms with Crippen molar-refractivity contribution in [3.05, 3.63) is 228 Å². The fourth-order valence-corrected chi connectivity index (χ4v) is 9.52. The van der Waals surface area contributed by atoms with E-state index in [4.69, 9.17) is 0 Å². The number of amides is 2. The molecule has 7 aromatic carbocycles. The molecule has 322 valence electrons. The number of rotatable bonds is 16. The smallest absolute Gasteiger partial charge is 0.264 e. The first-order chi connectivity index (χ1) is 30.4. The van der Waals surface area contributed by atoms with Gasteiger partial charge in [-0.1, -0.05) is 140 Å². The molecule has 0 bridgehead atoms. The third-order valence-electron chi connectivity index (χ3n) is 9.75. The van der Waals surface area contributed by atoms with E-state index in [1.54, 1.807) is 109 Å². The molecule has 63 heavy (non-hydrogen) atoms. The lowest BCUT2D eigenvalue weighted by Gasteiger charge is -2.25. The normalized spacial score (nSPS) is 11.2. The van der Waals surface area contributed by atoms with Crippen molar-refractivity contribution in [2.24, 2.45) is 0 Å². The van der Waals surface area contributed by atoms with Gasteiger partial charge in [-0.05, 0) is 97.6 Å². The van der Waals surface area contributed by atoms with Crippen LogP contribution in [0.5, 0.6) is 0 Å². The molecule has 0 aromatic heterocycles. The minimum absolute atomic E-state index is 0.0142. The van der Waals surface area contributed by atoms with Crippen molar-refractivity contribution >= 4 is 43.2 Å². The Morgan fingerprint density at radius 2 is 0.825 bits per heavy atom. The summed E-state index contributed by atoms with van der Waals surface area (Å²) in [4.78, 5) is 25.6. The van der Waals surface area contributed by atoms with Crippen LogP contribution in [0, 0.1) is 0 Å². The van der Waals surface area contributed by atoms with E-state index in [9.17, 15) is 26.4 Å². The Morgan fingerprint density at radius 3 is 1.22 bits per heavy atom. The molecular weight excluding hydrogens is 829 g/mol. The lowest BCUT2D eigenvalue weighted by molar-refractivity contribution is 0.0938. The lowest BCUT2D eigenvalue weighted by Crippen LogP contribution is -2.32. The van der Waals surface area contributed by atoms with Crippen LogP contribution in [0.3, 0.4) is 0 Å². The van der Waals surface area contributed by atoms with E-state index in [0.717, 1.165) is 23.1 Å². The molecule has 0 aliphatic heterocycles. The summed E-state index contributed by atoms with van der Waals surface area (Å²) in [6.07, 6.45) is 0.717. The topological polar surface area (TPSA) is 133 Å². The molecule has 0 saturated heterocycles. The van der Waals surface area contributed by atoms with E-state index in [-0.39, 0.29) is 40.7 Å². The molecule has 7 aromatic rings. The zero-order valence-electron chi connectivity index (χ0n) is 35.1. The maximum absolute atomic E-state index is 13.6. The quantitative estimate of drug-likeness (QED) is 0.0995. The Hall–Kier alpha value is -7.02. The van der Waals surface area contributed by atoms with Crippen molar-refractivity contribution in [1.82, 2.24) is 10.6 Å². The Morgan fingerprint density at radius 1 is 0.460 bits per heavy atom. The molecule has 0 unspecified atom stereocenters. The fraction of sp³-hybridized carbons (Fsp3) is 0.137. The second-order valence-electron chi connectivity index (χ2n) is 14.8. The Balaban J connectivity index is 0.000000213. The molecule has 0 aliphatic carbocycles. The first-order valence-electron chi connectivity index (χ1n) is 20.5. The van der Waals surface area contributed by atoms with Gasteiger partial charge in [0.05, 0.1) is 34.3 Å². The van der Waals surface area contributed by atoms with Crippen molar-refractivity contribution < 1.29 is 26.4 Å². The molecule has 2 N–H and O–H groups in total. The minimum atomic E-state index is -3.85. The van der Waals surface area contributed by atoms with Gasteiger partial charge < -0.3 is 10.6 Å². The van der Waals surface area contributed by atoms with Gasteiger partial charge in [0.2, 0.25) is 0 Å². The average Bonchev–Trinajstić information content (AvgIpc) is 3.31. The fourth-order valence-electron chi connectivity index (χ4n) is 6.59. The molecule has 0 heterocycles. The van der Waals surface area contributed by atoms with Gasteiger partial charge in [0.25, 0.3) is 31.9 Å². The molecule has 12 heteroatoms. The van der Waals surface area contributed by atoms with Gasteiger partial charge in [-0.3, -0.25) is 18.2 Å². The van der Waals surface area contributed by atoms with Crippen LogP contribution in [-0.2, 0) is 39.6 Å². The lowest BCUT2D eigenvalue weighted by atomic mass is 10.1. The standard InChI is InChI=1S/C28H26N2O3S.C23H24N2O3S/c31-28(29-20-19-23-11-4-1-5-12-23)25-15-10-16-26(21-25)30(22-24-13-6-2-7-14-24)34(32,33)27-17-8-3-9-18-27;1-18(2)24-23(26)20-12-9-13-21(16-20)25(17-19-10-5-3-6-11-19)29(27,28)22-14-7-4-8-15-22/h1-18,21H,19-20,22H2,(H,29,31);3-16,18H,17H2,1-2H3,(H,24,26). The van der Waals surface area contributed by atoms with Crippen LogP contribution in [0.1, 0.15) is 51.3 Å². The van der Waals surface area contributed by atoms with Crippen molar-refractivity contribution in [3.63, 3.8) is 0 Å². The number of nitrogens with zero attached hydrogens (tertiary/aromatic N) is 2. The van der Waals surface area contributed by atoms with Crippen LogP contribution in [0.2, 0.25) is 0 Å². The van der Waals surface area contributed by atoms with Gasteiger partial charge in [-0.15, -0.1) is 0 Å².